The number of hydrogen-bond acceptors (Lipinski definition) is 3. The van der Waals surface area contributed by atoms with Crippen molar-refractivity contribution in [1.82, 2.24) is 0 Å². The molecule has 0 saturated heterocycles. The van der Waals surface area contributed by atoms with E-state index in [4.69, 9.17) is 10.00 Å². The lowest BCUT2D eigenvalue weighted by Gasteiger charge is -2.05. The molecule has 0 unspecified atom stereocenters. The van der Waals surface area contributed by atoms with E-state index in [0.717, 1.165) is 27.6 Å². The number of carbonyl (C=O) groups excluding carboxylic acids is 1. The van der Waals surface area contributed by atoms with Gasteiger partial charge in [0.2, 0.25) is 0 Å². The summed E-state index contributed by atoms with van der Waals surface area (Å²) in [7, 11) is 0. The first kappa shape index (κ1) is 12.8. The van der Waals surface area contributed by atoms with Crippen LogP contribution in [0.15, 0.2) is 28.2 Å². The SMILES string of the molecule is CCOC(=O)C(C#N)=C1CCc2cc(Br)ccc21. The molecule has 0 heterocycles. The minimum Gasteiger partial charge on any atom is -0.462 e. The molecule has 0 radical (unpaired) electrons. The van der Waals surface area contributed by atoms with Crippen molar-refractivity contribution in [2.24, 2.45) is 0 Å². The summed E-state index contributed by atoms with van der Waals surface area (Å²) in [4.78, 5) is 11.7. The van der Waals surface area contributed by atoms with Gasteiger partial charge in [-0.2, -0.15) is 5.26 Å². The van der Waals surface area contributed by atoms with E-state index in [2.05, 4.69) is 15.9 Å². The van der Waals surface area contributed by atoms with E-state index in [1.807, 2.05) is 24.3 Å². The quantitative estimate of drug-likeness (QED) is 0.479. The molecule has 1 aromatic rings. The predicted molar refractivity (Wildman–Crippen MR) is 71.6 cm³/mol. The van der Waals surface area contributed by atoms with Crippen LogP contribution in [0.3, 0.4) is 0 Å². The lowest BCUT2D eigenvalue weighted by atomic mass is 10.0. The van der Waals surface area contributed by atoms with Gasteiger partial charge in [0.05, 0.1) is 6.61 Å². The maximum absolute atomic E-state index is 11.7. The molecule has 0 fully saturated rings. The zero-order chi connectivity index (χ0) is 13.1. The molecule has 0 aliphatic heterocycles. The van der Waals surface area contributed by atoms with Crippen LogP contribution in [0.2, 0.25) is 0 Å². The van der Waals surface area contributed by atoms with Gasteiger partial charge in [0, 0.05) is 4.47 Å². The number of esters is 1. The Morgan fingerprint density at radius 1 is 1.50 bits per heavy atom. The molecule has 18 heavy (non-hydrogen) atoms. The first-order valence-corrected chi connectivity index (χ1v) is 6.55. The predicted octanol–water partition coefficient (Wildman–Crippen LogP) is 3.24. The molecule has 4 heteroatoms. The maximum Gasteiger partial charge on any atom is 0.349 e. The van der Waals surface area contributed by atoms with E-state index >= 15 is 0 Å². The lowest BCUT2D eigenvalue weighted by Crippen LogP contribution is -2.08. The highest BCUT2D eigenvalue weighted by molar-refractivity contribution is 9.10. The molecule has 0 N–H and O–H groups in total. The molecule has 3 nitrogen and oxygen atoms in total. The smallest absolute Gasteiger partial charge is 0.349 e. The Balaban J connectivity index is 2.48. The van der Waals surface area contributed by atoms with E-state index in [0.29, 0.717) is 6.42 Å². The second kappa shape index (κ2) is 5.36. The van der Waals surface area contributed by atoms with Gasteiger partial charge in [0.25, 0.3) is 0 Å². The monoisotopic (exact) mass is 305 g/mol. The number of rotatable bonds is 2. The Hall–Kier alpha value is -1.60. The number of benzene rings is 1. The average Bonchev–Trinajstić information content (AvgIpc) is 2.73. The number of fused-ring (bicyclic) bond motifs is 1. The number of aryl methyl sites for hydroxylation is 1. The van der Waals surface area contributed by atoms with E-state index < -0.39 is 5.97 Å². The summed E-state index contributed by atoms with van der Waals surface area (Å²) in [5.74, 6) is -0.522. The summed E-state index contributed by atoms with van der Waals surface area (Å²) >= 11 is 3.42. The van der Waals surface area contributed by atoms with Gasteiger partial charge in [-0.3, -0.25) is 0 Å². The fourth-order valence-corrected chi connectivity index (χ4v) is 2.57. The molecule has 0 aromatic heterocycles. The lowest BCUT2D eigenvalue weighted by molar-refractivity contribution is -0.137. The van der Waals surface area contributed by atoms with Crippen LogP contribution in [0.4, 0.5) is 0 Å². The number of allylic oxidation sites excluding steroid dienone is 1. The highest BCUT2D eigenvalue weighted by Gasteiger charge is 2.24. The molecule has 0 amide bonds. The molecule has 0 bridgehead atoms. The molecule has 92 valence electrons. The Bertz CT molecular complexity index is 570. The van der Waals surface area contributed by atoms with Crippen molar-refractivity contribution >= 4 is 27.5 Å². The standard InChI is InChI=1S/C14H12BrNO2/c1-2-18-14(17)13(8-16)12-5-3-9-7-10(15)4-6-11(9)12/h4,6-7H,2-3,5H2,1H3. The molecular weight excluding hydrogens is 294 g/mol. The van der Waals surface area contributed by atoms with E-state index in [-0.39, 0.29) is 12.2 Å². The first-order chi connectivity index (χ1) is 8.67. The maximum atomic E-state index is 11.7. The average molecular weight is 306 g/mol. The van der Waals surface area contributed by atoms with Gasteiger partial charge >= 0.3 is 5.97 Å². The third-order valence-corrected chi connectivity index (χ3v) is 3.42. The van der Waals surface area contributed by atoms with E-state index in [1.54, 1.807) is 6.92 Å². The third-order valence-electron chi connectivity index (χ3n) is 2.93. The van der Waals surface area contributed by atoms with Gasteiger partial charge in [0.1, 0.15) is 11.6 Å². The normalized spacial score (nSPS) is 15.8. The zero-order valence-corrected chi connectivity index (χ0v) is 11.6. The topological polar surface area (TPSA) is 50.1 Å². The van der Waals surface area contributed by atoms with Gasteiger partial charge in [0.15, 0.2) is 0 Å². The molecule has 1 aromatic carbocycles. The van der Waals surface area contributed by atoms with Crippen LogP contribution in [-0.4, -0.2) is 12.6 Å². The number of carbonyl (C=O) groups is 1. The van der Waals surface area contributed by atoms with Gasteiger partial charge in [-0.1, -0.05) is 22.0 Å². The largest absolute Gasteiger partial charge is 0.462 e. The van der Waals surface area contributed by atoms with Crippen molar-refractivity contribution < 1.29 is 9.53 Å². The van der Waals surface area contributed by atoms with Gasteiger partial charge in [-0.15, -0.1) is 0 Å². The third kappa shape index (κ3) is 2.32. The second-order valence-corrected chi connectivity index (χ2v) is 4.90. The van der Waals surface area contributed by atoms with E-state index in [9.17, 15) is 4.79 Å². The Kier molecular flexibility index (Phi) is 3.83. The summed E-state index contributed by atoms with van der Waals surface area (Å²) in [6, 6.07) is 7.87. The summed E-state index contributed by atoms with van der Waals surface area (Å²) in [5, 5.41) is 9.15. The highest BCUT2D eigenvalue weighted by atomic mass is 79.9. The van der Waals surface area contributed by atoms with Crippen LogP contribution in [0.25, 0.3) is 5.57 Å². The summed E-state index contributed by atoms with van der Waals surface area (Å²) in [6.07, 6.45) is 1.57. The van der Waals surface area contributed by atoms with Crippen molar-refractivity contribution in [2.45, 2.75) is 19.8 Å². The fourth-order valence-electron chi connectivity index (χ4n) is 2.16. The van der Waals surface area contributed by atoms with Gasteiger partial charge < -0.3 is 4.74 Å². The van der Waals surface area contributed by atoms with Crippen molar-refractivity contribution in [1.29, 1.82) is 5.26 Å². The fraction of sp³-hybridized carbons (Fsp3) is 0.286. The van der Waals surface area contributed by atoms with Crippen LogP contribution < -0.4 is 0 Å². The molecule has 0 spiro atoms. The highest BCUT2D eigenvalue weighted by Crippen LogP contribution is 2.36. The van der Waals surface area contributed by atoms with Crippen molar-refractivity contribution in [2.75, 3.05) is 6.61 Å². The van der Waals surface area contributed by atoms with Crippen LogP contribution in [-0.2, 0) is 16.0 Å². The van der Waals surface area contributed by atoms with Crippen molar-refractivity contribution in [3.05, 3.63) is 39.4 Å². The minimum atomic E-state index is -0.522. The van der Waals surface area contributed by atoms with Gasteiger partial charge in [-0.25, -0.2) is 4.79 Å². The number of halogens is 1. The zero-order valence-electron chi connectivity index (χ0n) is 10.00. The number of nitrogens with zero attached hydrogens (tertiary/aromatic N) is 1. The summed E-state index contributed by atoms with van der Waals surface area (Å²) < 4.78 is 5.93. The Labute approximate surface area is 114 Å². The first-order valence-electron chi connectivity index (χ1n) is 5.76. The molecule has 1 aliphatic carbocycles. The van der Waals surface area contributed by atoms with Crippen LogP contribution in [0, 0.1) is 11.3 Å². The minimum absolute atomic E-state index is 0.137. The van der Waals surface area contributed by atoms with Gasteiger partial charge in [-0.05, 0) is 48.6 Å². The number of nitriles is 1. The molecule has 0 saturated carbocycles. The van der Waals surface area contributed by atoms with Crippen molar-refractivity contribution in [3.8, 4) is 6.07 Å². The molecule has 0 atom stereocenters. The molecule has 1 aliphatic rings. The molecule has 2 rings (SSSR count). The Morgan fingerprint density at radius 3 is 2.94 bits per heavy atom. The van der Waals surface area contributed by atoms with Crippen LogP contribution in [0.1, 0.15) is 24.5 Å². The van der Waals surface area contributed by atoms with Crippen LogP contribution >= 0.6 is 15.9 Å². The Morgan fingerprint density at radius 2 is 2.28 bits per heavy atom. The van der Waals surface area contributed by atoms with Crippen molar-refractivity contribution in [3.63, 3.8) is 0 Å². The number of ether oxygens (including phenoxy) is 1. The summed E-state index contributed by atoms with van der Waals surface area (Å²) in [6.45, 7) is 2.02. The van der Waals surface area contributed by atoms with E-state index in [1.165, 1.54) is 0 Å². The summed E-state index contributed by atoms with van der Waals surface area (Å²) in [5.41, 5.74) is 3.09. The van der Waals surface area contributed by atoms with Crippen LogP contribution in [0.5, 0.6) is 0 Å². The second-order valence-electron chi connectivity index (χ2n) is 3.99. The number of hydrogen-bond donors (Lipinski definition) is 0. The molecular formula is C14H12BrNO2.